The number of ether oxygens (including phenoxy) is 1. The van der Waals surface area contributed by atoms with Crippen molar-refractivity contribution in [3.8, 4) is 6.07 Å². The minimum Gasteiger partial charge on any atom is -0.380 e. The standard InChI is InChI=1S/C10H14N2O2/c1-14-8-2-5-12(6-8)9(13)10(7-11)3-4-10/h8H,2-6H2,1H3. The molecule has 0 radical (unpaired) electrons. The fourth-order valence-corrected chi connectivity index (χ4v) is 1.91. The highest BCUT2D eigenvalue weighted by atomic mass is 16.5. The van der Waals surface area contributed by atoms with E-state index in [1.165, 1.54) is 0 Å². The van der Waals surface area contributed by atoms with Crippen molar-refractivity contribution < 1.29 is 9.53 Å². The summed E-state index contributed by atoms with van der Waals surface area (Å²) in [4.78, 5) is 13.6. The molecule has 2 fully saturated rings. The van der Waals surface area contributed by atoms with Crippen LogP contribution in [0.15, 0.2) is 0 Å². The Hall–Kier alpha value is -1.08. The lowest BCUT2D eigenvalue weighted by Crippen LogP contribution is -2.35. The highest BCUT2D eigenvalue weighted by Gasteiger charge is 2.53. The van der Waals surface area contributed by atoms with Gasteiger partial charge in [0.25, 0.3) is 0 Å². The largest absolute Gasteiger partial charge is 0.380 e. The zero-order chi connectivity index (χ0) is 10.2. The number of amides is 1. The van der Waals surface area contributed by atoms with E-state index in [0.717, 1.165) is 25.8 Å². The average molecular weight is 194 g/mol. The van der Waals surface area contributed by atoms with Gasteiger partial charge >= 0.3 is 0 Å². The summed E-state index contributed by atoms with van der Waals surface area (Å²) in [7, 11) is 1.66. The summed E-state index contributed by atoms with van der Waals surface area (Å²) in [6.07, 6.45) is 2.52. The molecule has 4 nitrogen and oxygen atoms in total. The van der Waals surface area contributed by atoms with Gasteiger partial charge < -0.3 is 9.64 Å². The van der Waals surface area contributed by atoms with E-state index in [-0.39, 0.29) is 12.0 Å². The molecule has 4 heteroatoms. The van der Waals surface area contributed by atoms with Crippen LogP contribution in [0.1, 0.15) is 19.3 Å². The molecule has 0 bridgehead atoms. The van der Waals surface area contributed by atoms with E-state index >= 15 is 0 Å². The molecular weight excluding hydrogens is 180 g/mol. The van der Waals surface area contributed by atoms with Gasteiger partial charge in [-0.25, -0.2) is 0 Å². The second-order valence-corrected chi connectivity index (χ2v) is 4.09. The predicted octanol–water partition coefficient (Wildman–Crippen LogP) is 0.537. The van der Waals surface area contributed by atoms with Gasteiger partial charge in [0.1, 0.15) is 5.41 Å². The molecule has 76 valence electrons. The van der Waals surface area contributed by atoms with Gasteiger partial charge in [-0.15, -0.1) is 0 Å². The van der Waals surface area contributed by atoms with Crippen LogP contribution in [0.3, 0.4) is 0 Å². The zero-order valence-corrected chi connectivity index (χ0v) is 8.32. The lowest BCUT2D eigenvalue weighted by Gasteiger charge is -2.18. The van der Waals surface area contributed by atoms with Gasteiger partial charge in [-0.3, -0.25) is 4.79 Å². The van der Waals surface area contributed by atoms with Crippen molar-refractivity contribution in [3.63, 3.8) is 0 Å². The van der Waals surface area contributed by atoms with Crippen molar-refractivity contribution in [2.75, 3.05) is 20.2 Å². The van der Waals surface area contributed by atoms with Crippen molar-refractivity contribution in [2.45, 2.75) is 25.4 Å². The molecule has 2 aliphatic rings. The maximum atomic E-state index is 11.9. The van der Waals surface area contributed by atoms with Crippen molar-refractivity contribution in [1.82, 2.24) is 4.90 Å². The summed E-state index contributed by atoms with van der Waals surface area (Å²) in [6.45, 7) is 1.39. The minimum atomic E-state index is -0.664. The summed E-state index contributed by atoms with van der Waals surface area (Å²) in [6, 6.07) is 2.13. The Morgan fingerprint density at radius 2 is 2.36 bits per heavy atom. The molecule has 0 aromatic rings. The molecule has 1 saturated carbocycles. The maximum Gasteiger partial charge on any atom is 0.243 e. The van der Waals surface area contributed by atoms with Crippen LogP contribution in [0.5, 0.6) is 0 Å². The van der Waals surface area contributed by atoms with E-state index < -0.39 is 5.41 Å². The van der Waals surface area contributed by atoms with Crippen molar-refractivity contribution in [1.29, 1.82) is 5.26 Å². The SMILES string of the molecule is COC1CCN(C(=O)C2(C#N)CC2)C1. The molecule has 1 amide bonds. The number of likely N-dealkylation sites (tertiary alicyclic amines) is 1. The Morgan fingerprint density at radius 3 is 2.79 bits per heavy atom. The Balaban J connectivity index is 1.98. The van der Waals surface area contributed by atoms with Crippen LogP contribution in [0.2, 0.25) is 0 Å². The molecule has 1 atom stereocenters. The van der Waals surface area contributed by atoms with Crippen LogP contribution in [-0.4, -0.2) is 37.1 Å². The highest BCUT2D eigenvalue weighted by molar-refractivity contribution is 5.88. The number of hydrogen-bond acceptors (Lipinski definition) is 3. The molecular formula is C10H14N2O2. The lowest BCUT2D eigenvalue weighted by atomic mass is 10.1. The van der Waals surface area contributed by atoms with Crippen molar-refractivity contribution in [2.24, 2.45) is 5.41 Å². The number of hydrogen-bond donors (Lipinski definition) is 0. The van der Waals surface area contributed by atoms with Crippen LogP contribution in [0.4, 0.5) is 0 Å². The minimum absolute atomic E-state index is 0.0135. The van der Waals surface area contributed by atoms with Crippen LogP contribution in [-0.2, 0) is 9.53 Å². The first kappa shape index (κ1) is 9.47. The summed E-state index contributed by atoms with van der Waals surface area (Å²) in [5.74, 6) is 0.0135. The van der Waals surface area contributed by atoms with E-state index in [1.54, 1.807) is 12.0 Å². The first-order chi connectivity index (χ1) is 6.72. The number of nitrogens with zero attached hydrogens (tertiary/aromatic N) is 2. The third-order valence-electron chi connectivity index (χ3n) is 3.14. The molecule has 0 spiro atoms. The molecule has 0 N–H and O–H groups in total. The molecule has 2 rings (SSSR count). The molecule has 0 aromatic carbocycles. The van der Waals surface area contributed by atoms with Crippen LogP contribution >= 0.6 is 0 Å². The van der Waals surface area contributed by atoms with Crippen molar-refractivity contribution in [3.05, 3.63) is 0 Å². The Morgan fingerprint density at radius 1 is 1.64 bits per heavy atom. The van der Waals surface area contributed by atoms with Gasteiger partial charge in [0, 0.05) is 20.2 Å². The Labute approximate surface area is 83.4 Å². The molecule has 0 aromatic heterocycles. The summed E-state index contributed by atoms with van der Waals surface area (Å²) in [5, 5.41) is 8.88. The first-order valence-corrected chi connectivity index (χ1v) is 4.95. The number of carbonyl (C=O) groups is 1. The average Bonchev–Trinajstić information content (AvgIpc) is 2.88. The number of methoxy groups -OCH3 is 1. The second-order valence-electron chi connectivity index (χ2n) is 4.09. The smallest absolute Gasteiger partial charge is 0.243 e. The van der Waals surface area contributed by atoms with E-state index in [0.29, 0.717) is 6.54 Å². The van der Waals surface area contributed by atoms with Gasteiger partial charge in [-0.05, 0) is 19.3 Å². The molecule has 1 unspecified atom stereocenters. The lowest BCUT2D eigenvalue weighted by molar-refractivity contribution is -0.134. The van der Waals surface area contributed by atoms with E-state index in [1.807, 2.05) is 0 Å². The topological polar surface area (TPSA) is 53.3 Å². The van der Waals surface area contributed by atoms with Crippen LogP contribution in [0, 0.1) is 16.7 Å². The monoisotopic (exact) mass is 194 g/mol. The fraction of sp³-hybridized carbons (Fsp3) is 0.800. The fourth-order valence-electron chi connectivity index (χ4n) is 1.91. The third kappa shape index (κ3) is 1.38. The molecule has 1 aliphatic heterocycles. The molecule has 1 heterocycles. The van der Waals surface area contributed by atoms with Gasteiger partial charge in [0.05, 0.1) is 12.2 Å². The number of nitriles is 1. The molecule has 14 heavy (non-hydrogen) atoms. The van der Waals surface area contributed by atoms with Gasteiger partial charge in [0.2, 0.25) is 5.91 Å². The zero-order valence-electron chi connectivity index (χ0n) is 8.32. The van der Waals surface area contributed by atoms with E-state index in [9.17, 15) is 4.79 Å². The molecule has 1 aliphatic carbocycles. The van der Waals surface area contributed by atoms with Gasteiger partial charge in [-0.2, -0.15) is 5.26 Å². The van der Waals surface area contributed by atoms with Crippen LogP contribution in [0.25, 0.3) is 0 Å². The summed E-state index contributed by atoms with van der Waals surface area (Å²) in [5.41, 5.74) is -0.664. The Kier molecular flexibility index (Phi) is 2.20. The third-order valence-corrected chi connectivity index (χ3v) is 3.14. The van der Waals surface area contributed by atoms with E-state index in [2.05, 4.69) is 6.07 Å². The second kappa shape index (κ2) is 3.25. The van der Waals surface area contributed by atoms with E-state index in [4.69, 9.17) is 10.00 Å². The normalized spacial score (nSPS) is 28.6. The predicted molar refractivity (Wildman–Crippen MR) is 49.3 cm³/mol. The first-order valence-electron chi connectivity index (χ1n) is 4.95. The number of rotatable bonds is 2. The molecule has 1 saturated heterocycles. The van der Waals surface area contributed by atoms with Crippen LogP contribution < -0.4 is 0 Å². The Bertz CT molecular complexity index is 291. The number of carbonyl (C=O) groups excluding carboxylic acids is 1. The quantitative estimate of drug-likeness (QED) is 0.644. The highest BCUT2D eigenvalue weighted by Crippen LogP contribution is 2.46. The van der Waals surface area contributed by atoms with Gasteiger partial charge in [-0.1, -0.05) is 0 Å². The van der Waals surface area contributed by atoms with Crippen molar-refractivity contribution >= 4 is 5.91 Å². The van der Waals surface area contributed by atoms with Gasteiger partial charge in [0.15, 0.2) is 0 Å². The summed E-state index contributed by atoms with van der Waals surface area (Å²) >= 11 is 0. The summed E-state index contributed by atoms with van der Waals surface area (Å²) < 4.78 is 5.18. The maximum absolute atomic E-state index is 11.9.